The average Bonchev–Trinajstić information content (AvgIpc) is 2.09. The Morgan fingerprint density at radius 1 is 1.50 bits per heavy atom. The van der Waals surface area contributed by atoms with Crippen LogP contribution in [0.25, 0.3) is 0 Å². The minimum absolute atomic E-state index is 0.124. The maximum atomic E-state index is 5.73. The molecule has 0 amide bonds. The summed E-state index contributed by atoms with van der Waals surface area (Å²) in [5, 5.41) is 0.317. The van der Waals surface area contributed by atoms with Gasteiger partial charge >= 0.3 is 0 Å². The van der Waals surface area contributed by atoms with Gasteiger partial charge in [0, 0.05) is 12.4 Å². The SMILES string of the molecule is CCC(C)Oc1nccnc1Cl. The van der Waals surface area contributed by atoms with Crippen LogP contribution in [0.15, 0.2) is 12.4 Å². The number of halogens is 1. The van der Waals surface area contributed by atoms with Crippen molar-refractivity contribution in [3.8, 4) is 5.88 Å². The minimum Gasteiger partial charge on any atom is -0.472 e. The van der Waals surface area contributed by atoms with Gasteiger partial charge in [-0.05, 0) is 13.3 Å². The molecule has 0 radical (unpaired) electrons. The largest absolute Gasteiger partial charge is 0.472 e. The summed E-state index contributed by atoms with van der Waals surface area (Å²) in [5.41, 5.74) is 0. The van der Waals surface area contributed by atoms with Gasteiger partial charge in [0.2, 0.25) is 0 Å². The number of rotatable bonds is 3. The summed E-state index contributed by atoms with van der Waals surface area (Å²) in [5.74, 6) is 0.411. The van der Waals surface area contributed by atoms with E-state index in [0.29, 0.717) is 11.0 Å². The van der Waals surface area contributed by atoms with E-state index >= 15 is 0 Å². The third-order valence-electron chi connectivity index (χ3n) is 1.51. The zero-order valence-corrected chi connectivity index (χ0v) is 7.88. The highest BCUT2D eigenvalue weighted by atomic mass is 35.5. The quantitative estimate of drug-likeness (QED) is 0.727. The molecule has 1 aromatic heterocycles. The van der Waals surface area contributed by atoms with Crippen LogP contribution in [0.2, 0.25) is 5.15 Å². The lowest BCUT2D eigenvalue weighted by Crippen LogP contribution is -2.11. The van der Waals surface area contributed by atoms with Gasteiger partial charge in [-0.1, -0.05) is 18.5 Å². The molecule has 1 aromatic rings. The van der Waals surface area contributed by atoms with E-state index in [1.54, 1.807) is 6.20 Å². The van der Waals surface area contributed by atoms with Gasteiger partial charge in [-0.15, -0.1) is 0 Å². The summed E-state index contributed by atoms with van der Waals surface area (Å²) >= 11 is 5.73. The summed E-state index contributed by atoms with van der Waals surface area (Å²) < 4.78 is 5.39. The van der Waals surface area contributed by atoms with Gasteiger partial charge in [0.25, 0.3) is 5.88 Å². The van der Waals surface area contributed by atoms with Crippen molar-refractivity contribution in [2.75, 3.05) is 0 Å². The third kappa shape index (κ3) is 2.34. The molecule has 1 atom stereocenters. The summed E-state index contributed by atoms with van der Waals surface area (Å²) in [7, 11) is 0. The highest BCUT2D eigenvalue weighted by Gasteiger charge is 2.06. The predicted molar refractivity (Wildman–Crippen MR) is 47.4 cm³/mol. The van der Waals surface area contributed by atoms with Crippen LogP contribution in [0.1, 0.15) is 20.3 Å². The molecular formula is C8H11ClN2O. The second-order valence-corrected chi connectivity index (χ2v) is 2.85. The van der Waals surface area contributed by atoms with E-state index in [1.165, 1.54) is 6.20 Å². The Hall–Kier alpha value is -0.830. The van der Waals surface area contributed by atoms with Crippen molar-refractivity contribution in [3.05, 3.63) is 17.5 Å². The number of nitrogens with zero attached hydrogens (tertiary/aromatic N) is 2. The fourth-order valence-electron chi connectivity index (χ4n) is 0.661. The Kier molecular flexibility index (Phi) is 3.29. The van der Waals surface area contributed by atoms with Gasteiger partial charge in [-0.3, -0.25) is 0 Å². The van der Waals surface area contributed by atoms with Crippen LogP contribution in [-0.4, -0.2) is 16.1 Å². The molecule has 0 N–H and O–H groups in total. The van der Waals surface area contributed by atoms with E-state index in [-0.39, 0.29) is 6.10 Å². The molecule has 0 saturated carbocycles. The molecule has 66 valence electrons. The molecular weight excluding hydrogens is 176 g/mol. The highest BCUT2D eigenvalue weighted by Crippen LogP contribution is 2.18. The number of ether oxygens (including phenoxy) is 1. The maximum Gasteiger partial charge on any atom is 0.252 e. The third-order valence-corrected chi connectivity index (χ3v) is 1.77. The Labute approximate surface area is 76.7 Å². The number of aromatic nitrogens is 2. The van der Waals surface area contributed by atoms with Gasteiger partial charge < -0.3 is 4.74 Å². The van der Waals surface area contributed by atoms with Crippen LogP contribution < -0.4 is 4.74 Å². The minimum atomic E-state index is 0.124. The molecule has 1 rings (SSSR count). The first-order valence-corrected chi connectivity index (χ1v) is 4.25. The molecule has 0 saturated heterocycles. The first-order chi connectivity index (χ1) is 5.74. The normalized spacial score (nSPS) is 12.6. The summed E-state index contributed by atoms with van der Waals surface area (Å²) in [4.78, 5) is 7.79. The van der Waals surface area contributed by atoms with E-state index in [2.05, 4.69) is 9.97 Å². The molecule has 1 unspecified atom stereocenters. The topological polar surface area (TPSA) is 35.0 Å². The smallest absolute Gasteiger partial charge is 0.252 e. The fourth-order valence-corrected chi connectivity index (χ4v) is 0.811. The predicted octanol–water partition coefficient (Wildman–Crippen LogP) is 2.31. The van der Waals surface area contributed by atoms with Crippen LogP contribution in [0.5, 0.6) is 5.88 Å². The van der Waals surface area contributed by atoms with Crippen LogP contribution in [0, 0.1) is 0 Å². The maximum absolute atomic E-state index is 5.73. The molecule has 3 nitrogen and oxygen atoms in total. The average molecular weight is 187 g/mol. The molecule has 0 aromatic carbocycles. The molecule has 0 spiro atoms. The van der Waals surface area contributed by atoms with Crippen molar-refractivity contribution >= 4 is 11.6 Å². The molecule has 12 heavy (non-hydrogen) atoms. The number of hydrogen-bond donors (Lipinski definition) is 0. The van der Waals surface area contributed by atoms with Crippen LogP contribution in [-0.2, 0) is 0 Å². The van der Waals surface area contributed by atoms with Gasteiger partial charge in [0.1, 0.15) is 0 Å². The van der Waals surface area contributed by atoms with E-state index < -0.39 is 0 Å². The van der Waals surface area contributed by atoms with Crippen molar-refractivity contribution < 1.29 is 4.74 Å². The Morgan fingerprint density at radius 2 is 2.17 bits per heavy atom. The van der Waals surface area contributed by atoms with Gasteiger partial charge in [0.15, 0.2) is 5.15 Å². The molecule has 0 fully saturated rings. The molecule has 0 aliphatic rings. The Balaban J connectivity index is 2.69. The summed E-state index contributed by atoms with van der Waals surface area (Å²) in [6.45, 7) is 4.00. The highest BCUT2D eigenvalue weighted by molar-refractivity contribution is 6.30. The van der Waals surface area contributed by atoms with E-state index in [0.717, 1.165) is 6.42 Å². The molecule has 0 aliphatic carbocycles. The van der Waals surface area contributed by atoms with Crippen LogP contribution in [0.4, 0.5) is 0 Å². The Bertz CT molecular complexity index is 255. The molecule has 0 bridgehead atoms. The molecule has 4 heteroatoms. The number of hydrogen-bond acceptors (Lipinski definition) is 3. The van der Waals surface area contributed by atoms with Gasteiger partial charge in [-0.25, -0.2) is 9.97 Å². The van der Waals surface area contributed by atoms with Crippen LogP contribution >= 0.6 is 11.6 Å². The van der Waals surface area contributed by atoms with Crippen molar-refractivity contribution in [3.63, 3.8) is 0 Å². The monoisotopic (exact) mass is 186 g/mol. The van der Waals surface area contributed by atoms with Crippen LogP contribution in [0.3, 0.4) is 0 Å². The lowest BCUT2D eigenvalue weighted by molar-refractivity contribution is 0.208. The van der Waals surface area contributed by atoms with Crippen molar-refractivity contribution in [1.82, 2.24) is 9.97 Å². The molecule has 0 aliphatic heterocycles. The zero-order valence-electron chi connectivity index (χ0n) is 7.12. The second-order valence-electron chi connectivity index (χ2n) is 2.49. The van der Waals surface area contributed by atoms with Crippen molar-refractivity contribution in [1.29, 1.82) is 0 Å². The lowest BCUT2D eigenvalue weighted by atomic mass is 10.3. The lowest BCUT2D eigenvalue weighted by Gasteiger charge is -2.11. The van der Waals surface area contributed by atoms with E-state index in [4.69, 9.17) is 16.3 Å². The fraction of sp³-hybridized carbons (Fsp3) is 0.500. The standard InChI is InChI=1S/C8H11ClN2O/c1-3-6(2)12-8-7(9)10-4-5-11-8/h4-6H,3H2,1-2H3. The van der Waals surface area contributed by atoms with Crippen molar-refractivity contribution in [2.24, 2.45) is 0 Å². The molecule has 1 heterocycles. The first kappa shape index (κ1) is 9.26. The second kappa shape index (κ2) is 4.26. The zero-order chi connectivity index (χ0) is 8.97. The van der Waals surface area contributed by atoms with E-state index in [9.17, 15) is 0 Å². The van der Waals surface area contributed by atoms with E-state index in [1.807, 2.05) is 13.8 Å². The Morgan fingerprint density at radius 3 is 2.75 bits per heavy atom. The van der Waals surface area contributed by atoms with Gasteiger partial charge in [0.05, 0.1) is 6.10 Å². The van der Waals surface area contributed by atoms with Gasteiger partial charge in [-0.2, -0.15) is 0 Å². The first-order valence-electron chi connectivity index (χ1n) is 3.87. The summed E-state index contributed by atoms with van der Waals surface area (Å²) in [6, 6.07) is 0. The van der Waals surface area contributed by atoms with Crippen molar-refractivity contribution in [2.45, 2.75) is 26.4 Å². The summed E-state index contributed by atoms with van der Waals surface area (Å²) in [6.07, 6.45) is 4.14.